The number of hydrogen-bond acceptors (Lipinski definition) is 4. The number of halogens is 1. The Morgan fingerprint density at radius 1 is 1.19 bits per heavy atom. The van der Waals surface area contributed by atoms with Crippen LogP contribution in [0.4, 0.5) is 0 Å². The molecule has 1 aromatic carbocycles. The molecule has 3 nitrogen and oxygen atoms in total. The van der Waals surface area contributed by atoms with Gasteiger partial charge in [0.25, 0.3) is 0 Å². The van der Waals surface area contributed by atoms with Gasteiger partial charge >= 0.3 is 0 Å². The number of hydrogen-bond donors (Lipinski definition) is 0. The summed E-state index contributed by atoms with van der Waals surface area (Å²) in [5.41, 5.74) is 1.24. The van der Waals surface area contributed by atoms with Crippen LogP contribution in [0.25, 0.3) is 0 Å². The summed E-state index contributed by atoms with van der Waals surface area (Å²) in [6, 6.07) is 7.84. The molecule has 84 valence electrons. The van der Waals surface area contributed by atoms with E-state index in [-0.39, 0.29) is 0 Å². The Hall–Kier alpha value is -1.00. The van der Waals surface area contributed by atoms with Crippen molar-refractivity contribution in [1.29, 1.82) is 0 Å². The molecule has 0 bridgehead atoms. The highest BCUT2D eigenvalue weighted by Gasteiger charge is 2.02. The Labute approximate surface area is 103 Å². The smallest absolute Gasteiger partial charge is 0.226 e. The normalized spacial score (nSPS) is 10.6. The van der Waals surface area contributed by atoms with Gasteiger partial charge in [0.05, 0.1) is 5.75 Å². The first-order valence-electron chi connectivity index (χ1n) is 4.85. The second-order valence-electron chi connectivity index (χ2n) is 3.33. The third kappa shape index (κ3) is 3.25. The van der Waals surface area contributed by atoms with Crippen molar-refractivity contribution < 1.29 is 4.42 Å². The number of rotatable bonds is 4. The van der Waals surface area contributed by atoms with Crippen molar-refractivity contribution in [3.63, 3.8) is 0 Å². The molecule has 0 saturated carbocycles. The van der Waals surface area contributed by atoms with E-state index in [0.717, 1.165) is 16.5 Å². The summed E-state index contributed by atoms with van der Waals surface area (Å²) >= 11 is 7.54. The number of aryl methyl sites for hydroxylation is 1. The van der Waals surface area contributed by atoms with Gasteiger partial charge in [-0.25, -0.2) is 0 Å². The molecular weight excluding hydrogens is 244 g/mol. The van der Waals surface area contributed by atoms with E-state index in [1.54, 1.807) is 18.7 Å². The number of nitrogens with zero attached hydrogens (tertiary/aromatic N) is 2. The lowest BCUT2D eigenvalue weighted by Crippen LogP contribution is -1.83. The first-order valence-corrected chi connectivity index (χ1v) is 6.38. The average molecular weight is 255 g/mol. The fraction of sp³-hybridized carbons (Fsp3) is 0.273. The first-order chi connectivity index (χ1) is 7.74. The molecular formula is C11H11ClN2OS. The number of aromatic nitrogens is 2. The minimum absolute atomic E-state index is 0.613. The summed E-state index contributed by atoms with van der Waals surface area (Å²) < 4.78 is 5.28. The number of benzene rings is 1. The molecule has 0 aliphatic carbocycles. The van der Waals surface area contributed by atoms with Crippen LogP contribution >= 0.6 is 23.4 Å². The quantitative estimate of drug-likeness (QED) is 0.838. The van der Waals surface area contributed by atoms with Gasteiger partial charge in [-0.1, -0.05) is 23.7 Å². The molecule has 0 fully saturated rings. The average Bonchev–Trinajstić information content (AvgIpc) is 2.67. The van der Waals surface area contributed by atoms with Gasteiger partial charge in [-0.3, -0.25) is 0 Å². The summed E-state index contributed by atoms with van der Waals surface area (Å²) in [4.78, 5) is 0. The van der Waals surface area contributed by atoms with Crippen LogP contribution in [0.2, 0.25) is 5.02 Å². The molecule has 0 radical (unpaired) electrons. The Morgan fingerprint density at radius 3 is 2.56 bits per heavy atom. The van der Waals surface area contributed by atoms with Crippen molar-refractivity contribution in [3.8, 4) is 0 Å². The van der Waals surface area contributed by atoms with Crippen molar-refractivity contribution in [2.24, 2.45) is 0 Å². The third-order valence-corrected chi connectivity index (χ3v) is 3.22. The minimum Gasteiger partial charge on any atom is -0.425 e. The molecule has 0 unspecified atom stereocenters. The van der Waals surface area contributed by atoms with Crippen molar-refractivity contribution in [2.45, 2.75) is 18.4 Å². The van der Waals surface area contributed by atoms with Crippen LogP contribution in [-0.4, -0.2) is 10.2 Å². The molecule has 2 aromatic rings. The molecule has 1 heterocycles. The maximum Gasteiger partial charge on any atom is 0.226 e. The minimum atomic E-state index is 0.613. The van der Waals surface area contributed by atoms with E-state index in [4.69, 9.17) is 16.0 Å². The fourth-order valence-corrected chi connectivity index (χ4v) is 2.18. The zero-order valence-corrected chi connectivity index (χ0v) is 10.4. The van der Waals surface area contributed by atoms with Crippen LogP contribution in [0, 0.1) is 6.92 Å². The molecule has 0 saturated heterocycles. The van der Waals surface area contributed by atoms with Crippen molar-refractivity contribution >= 4 is 23.4 Å². The molecule has 2 rings (SSSR count). The summed E-state index contributed by atoms with van der Waals surface area (Å²) in [6.45, 7) is 1.79. The number of thioether (sulfide) groups is 1. The van der Waals surface area contributed by atoms with Gasteiger partial charge in [-0.05, 0) is 17.7 Å². The molecule has 0 amide bonds. The Kier molecular flexibility index (Phi) is 3.85. The van der Waals surface area contributed by atoms with Gasteiger partial charge in [-0.15, -0.1) is 22.0 Å². The summed E-state index contributed by atoms with van der Waals surface area (Å²) in [5, 5.41) is 8.47. The highest BCUT2D eigenvalue weighted by Crippen LogP contribution is 2.18. The lowest BCUT2D eigenvalue weighted by atomic mass is 10.2. The Morgan fingerprint density at radius 2 is 1.94 bits per heavy atom. The van der Waals surface area contributed by atoms with Crippen LogP contribution in [0.1, 0.15) is 17.3 Å². The monoisotopic (exact) mass is 254 g/mol. The second kappa shape index (κ2) is 5.37. The van der Waals surface area contributed by atoms with E-state index in [0.29, 0.717) is 11.8 Å². The highest BCUT2D eigenvalue weighted by atomic mass is 35.5. The predicted molar refractivity (Wildman–Crippen MR) is 65.5 cm³/mol. The Bertz CT molecular complexity index is 455. The summed E-state index contributed by atoms with van der Waals surface area (Å²) in [6.07, 6.45) is 0. The predicted octanol–water partition coefficient (Wildman–Crippen LogP) is 3.46. The lowest BCUT2D eigenvalue weighted by molar-refractivity contribution is 0.485. The van der Waals surface area contributed by atoms with Crippen LogP contribution in [0.5, 0.6) is 0 Å². The van der Waals surface area contributed by atoms with Gasteiger partial charge in [0.2, 0.25) is 11.8 Å². The standard InChI is InChI=1S/C11H11ClN2OS/c1-8-13-14-11(15-8)7-16-6-9-2-4-10(12)5-3-9/h2-5H,6-7H2,1H3. The van der Waals surface area contributed by atoms with Gasteiger partial charge in [0, 0.05) is 17.7 Å². The molecule has 0 aliphatic heterocycles. The molecule has 0 N–H and O–H groups in total. The first kappa shape index (κ1) is 11.5. The van der Waals surface area contributed by atoms with Gasteiger partial charge < -0.3 is 4.42 Å². The van der Waals surface area contributed by atoms with Crippen LogP contribution in [-0.2, 0) is 11.5 Å². The molecule has 1 aromatic heterocycles. The van der Waals surface area contributed by atoms with E-state index in [1.165, 1.54) is 5.56 Å². The van der Waals surface area contributed by atoms with E-state index in [2.05, 4.69) is 10.2 Å². The van der Waals surface area contributed by atoms with Crippen LogP contribution < -0.4 is 0 Å². The largest absolute Gasteiger partial charge is 0.425 e. The van der Waals surface area contributed by atoms with E-state index in [9.17, 15) is 0 Å². The van der Waals surface area contributed by atoms with Crippen molar-refractivity contribution in [3.05, 3.63) is 46.6 Å². The van der Waals surface area contributed by atoms with Crippen LogP contribution in [0.15, 0.2) is 28.7 Å². The molecule has 0 spiro atoms. The van der Waals surface area contributed by atoms with E-state index in [1.807, 2.05) is 24.3 Å². The maximum absolute atomic E-state index is 5.80. The van der Waals surface area contributed by atoms with Crippen molar-refractivity contribution in [1.82, 2.24) is 10.2 Å². The SMILES string of the molecule is Cc1nnc(CSCc2ccc(Cl)cc2)o1. The van der Waals surface area contributed by atoms with Crippen molar-refractivity contribution in [2.75, 3.05) is 0 Å². The highest BCUT2D eigenvalue weighted by molar-refractivity contribution is 7.97. The van der Waals surface area contributed by atoms with Gasteiger partial charge in [-0.2, -0.15) is 0 Å². The van der Waals surface area contributed by atoms with E-state index >= 15 is 0 Å². The summed E-state index contributed by atoms with van der Waals surface area (Å²) in [5.74, 6) is 2.95. The molecule has 5 heteroatoms. The lowest BCUT2D eigenvalue weighted by Gasteiger charge is -1.99. The fourth-order valence-electron chi connectivity index (χ4n) is 1.23. The van der Waals surface area contributed by atoms with E-state index < -0.39 is 0 Å². The second-order valence-corrected chi connectivity index (χ2v) is 4.76. The topological polar surface area (TPSA) is 38.9 Å². The third-order valence-electron chi connectivity index (χ3n) is 1.98. The van der Waals surface area contributed by atoms with Gasteiger partial charge in [0.15, 0.2) is 0 Å². The summed E-state index contributed by atoms with van der Waals surface area (Å²) in [7, 11) is 0. The zero-order valence-electron chi connectivity index (χ0n) is 8.81. The molecule has 0 aliphatic rings. The maximum atomic E-state index is 5.80. The van der Waals surface area contributed by atoms with Crippen LogP contribution in [0.3, 0.4) is 0 Å². The zero-order chi connectivity index (χ0) is 11.4. The van der Waals surface area contributed by atoms with Gasteiger partial charge in [0.1, 0.15) is 0 Å². The Balaban J connectivity index is 1.82. The molecule has 0 atom stereocenters. The molecule has 16 heavy (non-hydrogen) atoms.